The molecule has 0 aliphatic rings. The summed E-state index contributed by atoms with van der Waals surface area (Å²) in [4.78, 5) is 0. The van der Waals surface area contributed by atoms with E-state index in [4.69, 9.17) is 0 Å². The van der Waals surface area contributed by atoms with E-state index >= 15 is 0 Å². The highest BCUT2D eigenvalue weighted by molar-refractivity contribution is 4.76. The van der Waals surface area contributed by atoms with E-state index in [1.54, 1.807) is 0 Å². The van der Waals surface area contributed by atoms with E-state index in [1.807, 2.05) is 0 Å². The second-order valence-electron chi connectivity index (χ2n) is 3.13. The largest absolute Gasteiger partial charge is 0.344 e. The molecule has 0 aliphatic carbocycles. The van der Waals surface area contributed by atoms with Gasteiger partial charge in [-0.15, -0.1) is 0 Å². The lowest BCUT2D eigenvalue weighted by Gasteiger charge is -1.96. The Morgan fingerprint density at radius 1 is 0.846 bits per heavy atom. The van der Waals surface area contributed by atoms with Gasteiger partial charge in [0, 0.05) is 0 Å². The predicted octanol–water partition coefficient (Wildman–Crippen LogP) is 4.64. The molecule has 2 nitrogen and oxygen atoms in total. The topological polar surface area (TPSA) is 70.0 Å². The minimum atomic E-state index is 0. The van der Waals surface area contributed by atoms with Gasteiger partial charge in [0.25, 0.3) is 0 Å². The maximum atomic E-state index is 2.26. The third-order valence-electron chi connectivity index (χ3n) is 1.96. The number of unbranched alkanes of at least 4 members (excludes halogenated alkanes) is 6. The molecule has 0 aliphatic heterocycles. The first-order valence-electron chi connectivity index (χ1n) is 5.03. The van der Waals surface area contributed by atoms with Crippen LogP contribution in [0.4, 0.5) is 0 Å². The van der Waals surface area contributed by atoms with Crippen LogP contribution in [0.1, 0.15) is 58.8 Å². The van der Waals surface area contributed by atoms with E-state index in [0.717, 1.165) is 0 Å². The first-order chi connectivity index (χ1) is 5.41. The van der Waals surface area contributed by atoms with Crippen LogP contribution >= 0.6 is 0 Å². The molecule has 2 heteroatoms. The predicted molar refractivity (Wildman–Crippen MR) is 62.9 cm³/mol. The lowest BCUT2D eigenvalue weighted by Crippen LogP contribution is -1.77. The SMILES string of the molecule is C/C=C/CCCCCCCC.N.N. The smallest absolute Gasteiger partial charge is 0.0351 e. The van der Waals surface area contributed by atoms with Crippen molar-refractivity contribution in [3.05, 3.63) is 12.2 Å². The molecule has 0 saturated heterocycles. The van der Waals surface area contributed by atoms with Crippen molar-refractivity contribution in [1.82, 2.24) is 12.3 Å². The van der Waals surface area contributed by atoms with Crippen molar-refractivity contribution in [2.75, 3.05) is 0 Å². The van der Waals surface area contributed by atoms with Crippen LogP contribution < -0.4 is 12.3 Å². The summed E-state index contributed by atoms with van der Waals surface area (Å²) in [5.41, 5.74) is 0. The molecule has 0 bridgehead atoms. The molecule has 0 unspecified atom stereocenters. The van der Waals surface area contributed by atoms with Gasteiger partial charge in [0.2, 0.25) is 0 Å². The van der Waals surface area contributed by atoms with E-state index in [9.17, 15) is 0 Å². The molecule has 0 rings (SSSR count). The molecule has 0 aromatic carbocycles. The van der Waals surface area contributed by atoms with Crippen LogP contribution in [0.15, 0.2) is 12.2 Å². The Bertz CT molecular complexity index is 90.1. The van der Waals surface area contributed by atoms with Gasteiger partial charge < -0.3 is 12.3 Å². The lowest BCUT2D eigenvalue weighted by molar-refractivity contribution is 0.611. The summed E-state index contributed by atoms with van der Waals surface area (Å²) in [5, 5.41) is 0. The molecular formula is C11H28N2. The van der Waals surface area contributed by atoms with Gasteiger partial charge >= 0.3 is 0 Å². The highest BCUT2D eigenvalue weighted by Gasteiger charge is 1.86. The quantitative estimate of drug-likeness (QED) is 0.451. The number of hydrogen-bond donors (Lipinski definition) is 2. The van der Waals surface area contributed by atoms with Crippen LogP contribution in [0.2, 0.25) is 0 Å². The van der Waals surface area contributed by atoms with E-state index in [2.05, 4.69) is 26.0 Å². The minimum absolute atomic E-state index is 0. The second-order valence-corrected chi connectivity index (χ2v) is 3.13. The Hall–Kier alpha value is -0.340. The summed E-state index contributed by atoms with van der Waals surface area (Å²) in [6, 6.07) is 0. The molecule has 0 aromatic heterocycles. The fraction of sp³-hybridized carbons (Fsp3) is 0.818. The van der Waals surface area contributed by atoms with Crippen LogP contribution in [0.3, 0.4) is 0 Å². The molecule has 13 heavy (non-hydrogen) atoms. The van der Waals surface area contributed by atoms with Gasteiger partial charge in [0.1, 0.15) is 0 Å². The zero-order chi connectivity index (χ0) is 8.36. The third kappa shape index (κ3) is 18.5. The average molecular weight is 188 g/mol. The summed E-state index contributed by atoms with van der Waals surface area (Å²) in [6.45, 7) is 4.36. The molecule has 0 spiro atoms. The Morgan fingerprint density at radius 3 is 1.92 bits per heavy atom. The van der Waals surface area contributed by atoms with Gasteiger partial charge in [0.15, 0.2) is 0 Å². The van der Waals surface area contributed by atoms with Crippen molar-refractivity contribution in [1.29, 1.82) is 0 Å². The summed E-state index contributed by atoms with van der Waals surface area (Å²) < 4.78 is 0. The minimum Gasteiger partial charge on any atom is -0.344 e. The maximum Gasteiger partial charge on any atom is -0.0351 e. The van der Waals surface area contributed by atoms with Crippen molar-refractivity contribution in [3.8, 4) is 0 Å². The summed E-state index contributed by atoms with van der Waals surface area (Å²) in [5.74, 6) is 0. The van der Waals surface area contributed by atoms with Crippen LogP contribution in [0.25, 0.3) is 0 Å². The number of allylic oxidation sites excluding steroid dienone is 2. The molecule has 0 fully saturated rings. The van der Waals surface area contributed by atoms with Gasteiger partial charge in [-0.3, -0.25) is 0 Å². The van der Waals surface area contributed by atoms with Gasteiger partial charge in [0.05, 0.1) is 0 Å². The Balaban J connectivity index is -0.000000500. The molecule has 0 saturated carbocycles. The van der Waals surface area contributed by atoms with Gasteiger partial charge in [-0.2, -0.15) is 0 Å². The Kier molecular flexibility index (Phi) is 25.1. The molecule has 0 aromatic rings. The van der Waals surface area contributed by atoms with E-state index in [-0.39, 0.29) is 12.3 Å². The van der Waals surface area contributed by atoms with Crippen LogP contribution in [-0.2, 0) is 0 Å². The normalized spacial score (nSPS) is 9.38. The zero-order valence-corrected chi connectivity index (χ0v) is 9.52. The van der Waals surface area contributed by atoms with Gasteiger partial charge in [-0.05, 0) is 19.8 Å². The first-order valence-corrected chi connectivity index (χ1v) is 5.03. The molecule has 0 radical (unpaired) electrons. The van der Waals surface area contributed by atoms with Crippen molar-refractivity contribution in [2.45, 2.75) is 58.8 Å². The molecule has 0 heterocycles. The number of rotatable bonds is 7. The van der Waals surface area contributed by atoms with Gasteiger partial charge in [-0.1, -0.05) is 51.2 Å². The molecule has 6 N–H and O–H groups in total. The lowest BCUT2D eigenvalue weighted by atomic mass is 10.1. The van der Waals surface area contributed by atoms with Crippen molar-refractivity contribution < 1.29 is 0 Å². The van der Waals surface area contributed by atoms with Crippen molar-refractivity contribution in [2.24, 2.45) is 0 Å². The third-order valence-corrected chi connectivity index (χ3v) is 1.96. The summed E-state index contributed by atoms with van der Waals surface area (Å²) in [7, 11) is 0. The van der Waals surface area contributed by atoms with Crippen molar-refractivity contribution in [3.63, 3.8) is 0 Å². The Labute approximate surface area is 84.0 Å². The second kappa shape index (κ2) is 17.7. The monoisotopic (exact) mass is 188 g/mol. The van der Waals surface area contributed by atoms with Crippen LogP contribution in [-0.4, -0.2) is 0 Å². The van der Waals surface area contributed by atoms with Crippen LogP contribution in [0, 0.1) is 0 Å². The maximum absolute atomic E-state index is 2.26. The molecular weight excluding hydrogens is 160 g/mol. The number of hydrogen-bond acceptors (Lipinski definition) is 2. The van der Waals surface area contributed by atoms with Crippen LogP contribution in [0.5, 0.6) is 0 Å². The summed E-state index contributed by atoms with van der Waals surface area (Å²) >= 11 is 0. The van der Waals surface area contributed by atoms with E-state index in [0.29, 0.717) is 0 Å². The first kappa shape index (κ1) is 18.4. The molecule has 82 valence electrons. The Morgan fingerprint density at radius 2 is 1.38 bits per heavy atom. The van der Waals surface area contributed by atoms with E-state index in [1.165, 1.54) is 44.9 Å². The summed E-state index contributed by atoms with van der Waals surface area (Å²) in [6.07, 6.45) is 14.1. The average Bonchev–Trinajstić information content (AvgIpc) is 2.03. The standard InChI is InChI=1S/C11H22.2H3N/c1-3-5-7-9-11-10-8-6-4-2;;/h3,5H,4,6-11H2,1-2H3;2*1H3/b5-3+;;. The zero-order valence-electron chi connectivity index (χ0n) is 9.52. The fourth-order valence-electron chi connectivity index (χ4n) is 1.21. The highest BCUT2D eigenvalue weighted by atomic mass is 14.0. The fourth-order valence-corrected chi connectivity index (χ4v) is 1.21. The molecule has 0 atom stereocenters. The highest BCUT2D eigenvalue weighted by Crippen LogP contribution is 2.06. The van der Waals surface area contributed by atoms with E-state index < -0.39 is 0 Å². The van der Waals surface area contributed by atoms with Crippen molar-refractivity contribution >= 4 is 0 Å². The van der Waals surface area contributed by atoms with Gasteiger partial charge in [-0.25, -0.2) is 0 Å². The molecule has 0 amide bonds.